The van der Waals surface area contributed by atoms with Gasteiger partial charge in [0.15, 0.2) is 0 Å². The van der Waals surface area contributed by atoms with Crippen LogP contribution in [0.4, 0.5) is 5.69 Å². The average molecular weight is 228 g/mol. The van der Waals surface area contributed by atoms with Crippen molar-refractivity contribution in [2.24, 2.45) is 0 Å². The maximum absolute atomic E-state index is 11.3. The lowest BCUT2D eigenvalue weighted by molar-refractivity contribution is -0.143. The third-order valence-corrected chi connectivity index (χ3v) is 2.08. The van der Waals surface area contributed by atoms with E-state index < -0.39 is 0 Å². The monoisotopic (exact) mass is 227 g/mol. The van der Waals surface area contributed by atoms with Gasteiger partial charge in [0.1, 0.15) is 6.04 Å². The summed E-state index contributed by atoms with van der Waals surface area (Å²) in [5.41, 5.74) is 0.808. The number of halogens is 1. The summed E-state index contributed by atoms with van der Waals surface area (Å²) in [7, 11) is 0. The highest BCUT2D eigenvalue weighted by Gasteiger charge is 2.12. The molecule has 0 saturated carbocycles. The second-order valence-electron chi connectivity index (χ2n) is 3.13. The minimum absolute atomic E-state index is 0.266. The van der Waals surface area contributed by atoms with Gasteiger partial charge in [-0.25, -0.2) is 4.79 Å². The van der Waals surface area contributed by atoms with Crippen molar-refractivity contribution in [3.8, 4) is 0 Å². The second-order valence-corrected chi connectivity index (χ2v) is 3.56. The minimum Gasteiger partial charge on any atom is -0.464 e. The largest absolute Gasteiger partial charge is 0.464 e. The topological polar surface area (TPSA) is 38.3 Å². The quantitative estimate of drug-likeness (QED) is 0.804. The molecule has 0 amide bonds. The summed E-state index contributed by atoms with van der Waals surface area (Å²) >= 11 is 5.81. The lowest BCUT2D eigenvalue weighted by atomic mass is 10.2. The molecule has 0 aliphatic heterocycles. The number of benzene rings is 1. The van der Waals surface area contributed by atoms with Crippen molar-refractivity contribution >= 4 is 23.3 Å². The summed E-state index contributed by atoms with van der Waals surface area (Å²) in [4.78, 5) is 11.3. The van der Waals surface area contributed by atoms with Crippen LogP contribution < -0.4 is 5.32 Å². The predicted molar refractivity (Wildman–Crippen MR) is 61.2 cm³/mol. The normalized spacial score (nSPS) is 11.9. The molecule has 3 nitrogen and oxygen atoms in total. The molecule has 0 heterocycles. The molecule has 15 heavy (non-hydrogen) atoms. The molecular formula is C11H14ClNO2. The number of carbonyl (C=O) groups excluding carboxylic acids is 1. The molecule has 4 heteroatoms. The highest BCUT2D eigenvalue weighted by molar-refractivity contribution is 6.30. The van der Waals surface area contributed by atoms with E-state index in [2.05, 4.69) is 5.32 Å². The number of anilines is 1. The average Bonchev–Trinajstić information content (AvgIpc) is 2.18. The zero-order valence-electron chi connectivity index (χ0n) is 8.79. The van der Waals surface area contributed by atoms with Crippen LogP contribution in [0.25, 0.3) is 0 Å². The Labute approximate surface area is 94.4 Å². The van der Waals surface area contributed by atoms with Crippen LogP contribution in [0, 0.1) is 0 Å². The first-order valence-corrected chi connectivity index (χ1v) is 5.20. The number of hydrogen-bond acceptors (Lipinski definition) is 3. The van der Waals surface area contributed by atoms with Crippen molar-refractivity contribution in [1.82, 2.24) is 0 Å². The molecule has 0 spiro atoms. The molecule has 1 aromatic rings. The van der Waals surface area contributed by atoms with Crippen molar-refractivity contribution in [3.05, 3.63) is 29.3 Å². The Bertz CT molecular complexity index is 341. The van der Waals surface area contributed by atoms with E-state index in [0.29, 0.717) is 11.6 Å². The summed E-state index contributed by atoms with van der Waals surface area (Å²) in [5.74, 6) is -0.266. The third-order valence-electron chi connectivity index (χ3n) is 1.85. The Morgan fingerprint density at radius 3 is 2.93 bits per heavy atom. The Balaban J connectivity index is 2.58. The van der Waals surface area contributed by atoms with Gasteiger partial charge in [-0.05, 0) is 32.0 Å². The van der Waals surface area contributed by atoms with Gasteiger partial charge in [0, 0.05) is 10.7 Å². The molecule has 0 aliphatic rings. The zero-order chi connectivity index (χ0) is 11.3. The van der Waals surface area contributed by atoms with Crippen LogP contribution in [0.2, 0.25) is 5.02 Å². The maximum atomic E-state index is 11.3. The van der Waals surface area contributed by atoms with E-state index >= 15 is 0 Å². The number of ether oxygens (including phenoxy) is 1. The molecular weight excluding hydrogens is 214 g/mol. The maximum Gasteiger partial charge on any atom is 0.328 e. The van der Waals surface area contributed by atoms with Gasteiger partial charge in [-0.3, -0.25) is 0 Å². The fraction of sp³-hybridized carbons (Fsp3) is 0.364. The van der Waals surface area contributed by atoms with Crippen LogP contribution in [0.15, 0.2) is 24.3 Å². The molecule has 1 rings (SSSR count). The van der Waals surface area contributed by atoms with Crippen LogP contribution in [-0.2, 0) is 9.53 Å². The van der Waals surface area contributed by atoms with E-state index in [1.807, 2.05) is 12.1 Å². The Morgan fingerprint density at radius 2 is 2.33 bits per heavy atom. The van der Waals surface area contributed by atoms with Gasteiger partial charge in [-0.15, -0.1) is 0 Å². The van der Waals surface area contributed by atoms with Gasteiger partial charge < -0.3 is 10.1 Å². The molecule has 0 bridgehead atoms. The summed E-state index contributed by atoms with van der Waals surface area (Å²) in [6.45, 7) is 3.92. The SMILES string of the molecule is CCOC(=O)[C@@H](C)Nc1cccc(Cl)c1. The predicted octanol–water partition coefficient (Wildman–Crippen LogP) is 2.70. The Kier molecular flexibility index (Phi) is 4.43. The van der Waals surface area contributed by atoms with Gasteiger partial charge >= 0.3 is 5.97 Å². The van der Waals surface area contributed by atoms with E-state index in [9.17, 15) is 4.79 Å². The minimum atomic E-state index is -0.372. The lowest BCUT2D eigenvalue weighted by Gasteiger charge is -2.13. The van der Waals surface area contributed by atoms with E-state index in [1.165, 1.54) is 0 Å². The molecule has 0 aliphatic carbocycles. The van der Waals surface area contributed by atoms with Gasteiger partial charge in [0.25, 0.3) is 0 Å². The lowest BCUT2D eigenvalue weighted by Crippen LogP contribution is -2.28. The molecule has 0 aromatic heterocycles. The number of rotatable bonds is 4. The van der Waals surface area contributed by atoms with Crippen molar-refractivity contribution in [2.75, 3.05) is 11.9 Å². The van der Waals surface area contributed by atoms with E-state index in [0.717, 1.165) is 5.69 Å². The number of hydrogen-bond donors (Lipinski definition) is 1. The summed E-state index contributed by atoms with van der Waals surface area (Å²) in [6.07, 6.45) is 0. The zero-order valence-corrected chi connectivity index (χ0v) is 9.54. The van der Waals surface area contributed by atoms with Crippen LogP contribution in [-0.4, -0.2) is 18.6 Å². The molecule has 0 radical (unpaired) electrons. The summed E-state index contributed by atoms with van der Waals surface area (Å²) < 4.78 is 4.87. The van der Waals surface area contributed by atoms with Gasteiger partial charge in [0.2, 0.25) is 0 Å². The fourth-order valence-electron chi connectivity index (χ4n) is 1.15. The number of carbonyl (C=O) groups is 1. The smallest absolute Gasteiger partial charge is 0.328 e. The van der Waals surface area contributed by atoms with Crippen LogP contribution in [0.3, 0.4) is 0 Å². The summed E-state index contributed by atoms with van der Waals surface area (Å²) in [6, 6.07) is 6.84. The molecule has 1 aromatic carbocycles. The number of nitrogens with one attached hydrogen (secondary N) is 1. The van der Waals surface area contributed by atoms with Gasteiger partial charge in [0.05, 0.1) is 6.61 Å². The molecule has 0 fully saturated rings. The first-order valence-electron chi connectivity index (χ1n) is 4.82. The van der Waals surface area contributed by atoms with E-state index in [-0.39, 0.29) is 12.0 Å². The van der Waals surface area contributed by atoms with Gasteiger partial charge in [-0.1, -0.05) is 17.7 Å². The number of esters is 1. The summed E-state index contributed by atoms with van der Waals surface area (Å²) in [5, 5.41) is 3.64. The highest BCUT2D eigenvalue weighted by atomic mass is 35.5. The molecule has 0 saturated heterocycles. The highest BCUT2D eigenvalue weighted by Crippen LogP contribution is 2.15. The fourth-order valence-corrected chi connectivity index (χ4v) is 1.34. The molecule has 0 unspecified atom stereocenters. The molecule has 1 N–H and O–H groups in total. The standard InChI is InChI=1S/C11H14ClNO2/c1-3-15-11(14)8(2)13-10-6-4-5-9(12)7-10/h4-8,13H,3H2,1-2H3/t8-/m1/s1. The van der Waals surface area contributed by atoms with Crippen molar-refractivity contribution in [3.63, 3.8) is 0 Å². The van der Waals surface area contributed by atoms with Crippen molar-refractivity contribution in [2.45, 2.75) is 19.9 Å². The van der Waals surface area contributed by atoms with Crippen LogP contribution >= 0.6 is 11.6 Å². The van der Waals surface area contributed by atoms with Crippen molar-refractivity contribution < 1.29 is 9.53 Å². The second kappa shape index (κ2) is 5.61. The first-order chi connectivity index (χ1) is 7.13. The Hall–Kier alpha value is -1.22. The van der Waals surface area contributed by atoms with Crippen LogP contribution in [0.1, 0.15) is 13.8 Å². The van der Waals surface area contributed by atoms with Crippen LogP contribution in [0.5, 0.6) is 0 Å². The van der Waals surface area contributed by atoms with E-state index in [1.54, 1.807) is 26.0 Å². The van der Waals surface area contributed by atoms with Crippen molar-refractivity contribution in [1.29, 1.82) is 0 Å². The first kappa shape index (κ1) is 11.9. The third kappa shape index (κ3) is 3.80. The Morgan fingerprint density at radius 1 is 1.60 bits per heavy atom. The van der Waals surface area contributed by atoms with E-state index in [4.69, 9.17) is 16.3 Å². The van der Waals surface area contributed by atoms with Gasteiger partial charge in [-0.2, -0.15) is 0 Å². The molecule has 82 valence electrons. The molecule has 1 atom stereocenters.